The average Bonchev–Trinajstić information content (AvgIpc) is 3.18. The SMILES string of the molecule is CN1C(=O)C2C(NC3N(Cc4ccc(Cl)cc4)N=C(c4ccccc4)CN23)N(C)C1=O. The number of rotatable bonds is 3. The number of fused-ring (bicyclic) bond motifs is 3. The molecule has 3 aliphatic rings. The van der Waals surface area contributed by atoms with E-state index in [4.69, 9.17) is 16.7 Å². The zero-order valence-corrected chi connectivity index (χ0v) is 18.0. The van der Waals surface area contributed by atoms with Gasteiger partial charge >= 0.3 is 6.03 Å². The highest BCUT2D eigenvalue weighted by molar-refractivity contribution is 6.30. The summed E-state index contributed by atoms with van der Waals surface area (Å²) in [6.07, 6.45) is -0.733. The van der Waals surface area contributed by atoms with Crippen LogP contribution in [-0.4, -0.2) is 76.5 Å². The Morgan fingerprint density at radius 3 is 2.48 bits per heavy atom. The number of benzene rings is 2. The van der Waals surface area contributed by atoms with E-state index in [-0.39, 0.29) is 18.2 Å². The maximum Gasteiger partial charge on any atom is 0.327 e. The number of carbonyl (C=O) groups is 2. The molecule has 3 aliphatic heterocycles. The van der Waals surface area contributed by atoms with Crippen molar-refractivity contribution in [3.63, 3.8) is 0 Å². The molecule has 0 bridgehead atoms. The van der Waals surface area contributed by atoms with Crippen LogP contribution in [0.15, 0.2) is 59.7 Å². The molecule has 160 valence electrons. The van der Waals surface area contributed by atoms with Crippen molar-refractivity contribution in [2.24, 2.45) is 5.10 Å². The summed E-state index contributed by atoms with van der Waals surface area (Å²) in [6, 6.07) is 16.8. The molecule has 3 unspecified atom stereocenters. The lowest BCUT2D eigenvalue weighted by molar-refractivity contribution is -0.137. The van der Waals surface area contributed by atoms with Gasteiger partial charge in [0.25, 0.3) is 5.91 Å². The lowest BCUT2D eigenvalue weighted by Crippen LogP contribution is -2.65. The van der Waals surface area contributed by atoms with Crippen LogP contribution in [0, 0.1) is 0 Å². The van der Waals surface area contributed by atoms with Crippen molar-refractivity contribution < 1.29 is 9.59 Å². The number of nitrogens with zero attached hydrogens (tertiary/aromatic N) is 5. The molecular formula is C22H23ClN6O2. The lowest BCUT2D eigenvalue weighted by atomic mass is 10.1. The van der Waals surface area contributed by atoms with E-state index < -0.39 is 12.2 Å². The normalized spacial score (nSPS) is 26.1. The summed E-state index contributed by atoms with van der Waals surface area (Å²) in [5.74, 6) is -0.205. The first-order valence-electron chi connectivity index (χ1n) is 10.1. The maximum absolute atomic E-state index is 13.1. The van der Waals surface area contributed by atoms with Gasteiger partial charge in [0, 0.05) is 25.7 Å². The second kappa shape index (κ2) is 7.64. The van der Waals surface area contributed by atoms with Crippen molar-refractivity contribution in [1.82, 2.24) is 25.0 Å². The van der Waals surface area contributed by atoms with Crippen molar-refractivity contribution in [2.75, 3.05) is 20.6 Å². The van der Waals surface area contributed by atoms with Crippen molar-refractivity contribution in [2.45, 2.75) is 25.0 Å². The molecule has 0 saturated carbocycles. The minimum absolute atomic E-state index is 0.205. The van der Waals surface area contributed by atoms with Gasteiger partial charge in [0.2, 0.25) is 0 Å². The largest absolute Gasteiger partial charge is 0.327 e. The van der Waals surface area contributed by atoms with Crippen LogP contribution in [0.4, 0.5) is 4.79 Å². The maximum atomic E-state index is 13.1. The van der Waals surface area contributed by atoms with Crippen LogP contribution in [0.3, 0.4) is 0 Å². The number of likely N-dealkylation sites (N-methyl/N-ethyl adjacent to an activating group) is 2. The summed E-state index contributed by atoms with van der Waals surface area (Å²) >= 11 is 6.05. The molecule has 0 aromatic heterocycles. The standard InChI is InChI=1S/C22H23ClN6O2/c1-26-19-18(20(30)27(2)22(26)31)28-13-17(15-6-4-3-5-7-15)25-29(21(28)24-19)12-14-8-10-16(23)11-9-14/h3-11,18-19,21,24H,12-13H2,1-2H3. The number of imide groups is 1. The van der Waals surface area contributed by atoms with Crippen LogP contribution in [-0.2, 0) is 11.3 Å². The van der Waals surface area contributed by atoms with Crippen LogP contribution in [0.25, 0.3) is 0 Å². The molecule has 2 saturated heterocycles. The van der Waals surface area contributed by atoms with Gasteiger partial charge in [0.05, 0.1) is 12.3 Å². The average molecular weight is 439 g/mol. The Hall–Kier alpha value is -2.94. The molecule has 3 amide bonds. The molecule has 3 atom stereocenters. The Bertz CT molecular complexity index is 1040. The van der Waals surface area contributed by atoms with E-state index in [1.165, 1.54) is 11.9 Å². The van der Waals surface area contributed by atoms with Crippen molar-refractivity contribution in [3.05, 3.63) is 70.7 Å². The third kappa shape index (κ3) is 3.37. The monoisotopic (exact) mass is 438 g/mol. The van der Waals surface area contributed by atoms with Crippen LogP contribution in [0.2, 0.25) is 5.02 Å². The van der Waals surface area contributed by atoms with Crippen LogP contribution in [0.1, 0.15) is 11.1 Å². The van der Waals surface area contributed by atoms with Gasteiger partial charge in [-0.3, -0.25) is 20.0 Å². The summed E-state index contributed by atoms with van der Waals surface area (Å²) < 4.78 is 0. The van der Waals surface area contributed by atoms with Gasteiger partial charge in [-0.15, -0.1) is 0 Å². The molecule has 0 spiro atoms. The van der Waals surface area contributed by atoms with E-state index in [1.54, 1.807) is 11.9 Å². The Balaban J connectivity index is 1.53. The first kappa shape index (κ1) is 20.0. The fourth-order valence-corrected chi connectivity index (χ4v) is 4.58. The van der Waals surface area contributed by atoms with E-state index in [1.807, 2.05) is 59.6 Å². The third-order valence-corrected chi connectivity index (χ3v) is 6.36. The van der Waals surface area contributed by atoms with Crippen molar-refractivity contribution in [1.29, 1.82) is 0 Å². The second-order valence-electron chi connectivity index (χ2n) is 8.03. The van der Waals surface area contributed by atoms with Gasteiger partial charge in [-0.2, -0.15) is 5.10 Å². The third-order valence-electron chi connectivity index (χ3n) is 6.11. The predicted octanol–water partition coefficient (Wildman–Crippen LogP) is 1.97. The fraction of sp³-hybridized carbons (Fsp3) is 0.318. The number of halogens is 1. The van der Waals surface area contributed by atoms with Crippen molar-refractivity contribution >= 4 is 29.3 Å². The first-order valence-corrected chi connectivity index (χ1v) is 10.5. The van der Waals surface area contributed by atoms with Gasteiger partial charge in [-0.1, -0.05) is 54.1 Å². The zero-order valence-electron chi connectivity index (χ0n) is 17.3. The highest BCUT2D eigenvalue weighted by atomic mass is 35.5. The predicted molar refractivity (Wildman–Crippen MR) is 117 cm³/mol. The molecule has 2 aromatic rings. The molecule has 5 rings (SSSR count). The van der Waals surface area contributed by atoms with Gasteiger partial charge in [-0.05, 0) is 23.3 Å². The number of nitrogens with one attached hydrogen (secondary N) is 1. The zero-order chi connectivity index (χ0) is 21.7. The van der Waals surface area contributed by atoms with Gasteiger partial charge in [-0.25, -0.2) is 9.69 Å². The van der Waals surface area contributed by atoms with Gasteiger partial charge < -0.3 is 4.90 Å². The highest BCUT2D eigenvalue weighted by Crippen LogP contribution is 2.31. The summed E-state index contributed by atoms with van der Waals surface area (Å²) in [5.41, 5.74) is 2.93. The molecule has 2 aromatic carbocycles. The molecule has 31 heavy (non-hydrogen) atoms. The van der Waals surface area contributed by atoms with E-state index in [9.17, 15) is 9.59 Å². The number of hydrogen-bond acceptors (Lipinski definition) is 6. The lowest BCUT2D eigenvalue weighted by Gasteiger charge is -2.41. The fourth-order valence-electron chi connectivity index (χ4n) is 4.46. The van der Waals surface area contributed by atoms with Crippen molar-refractivity contribution in [3.8, 4) is 0 Å². The Morgan fingerprint density at radius 1 is 1.06 bits per heavy atom. The van der Waals surface area contributed by atoms with Gasteiger partial charge in [0.1, 0.15) is 12.2 Å². The topological polar surface area (TPSA) is 71.5 Å². The number of amides is 3. The van der Waals surface area contributed by atoms with Crippen LogP contribution < -0.4 is 5.32 Å². The molecule has 8 nitrogen and oxygen atoms in total. The van der Waals surface area contributed by atoms with E-state index in [2.05, 4.69) is 10.2 Å². The summed E-state index contributed by atoms with van der Waals surface area (Å²) in [4.78, 5) is 30.5. The molecule has 2 fully saturated rings. The quantitative estimate of drug-likeness (QED) is 0.793. The van der Waals surface area contributed by atoms with E-state index in [0.29, 0.717) is 18.1 Å². The summed E-state index contributed by atoms with van der Waals surface area (Å²) in [5, 5.41) is 11.0. The highest BCUT2D eigenvalue weighted by Gasteiger charge is 2.55. The number of carbonyl (C=O) groups excluding carboxylic acids is 2. The van der Waals surface area contributed by atoms with Gasteiger partial charge in [0.15, 0.2) is 6.29 Å². The Labute approximate surface area is 185 Å². The number of hydrazone groups is 1. The summed E-state index contributed by atoms with van der Waals surface area (Å²) in [7, 11) is 3.25. The van der Waals surface area contributed by atoms with Crippen LogP contribution >= 0.6 is 11.6 Å². The van der Waals surface area contributed by atoms with Crippen LogP contribution in [0.5, 0.6) is 0 Å². The number of hydrogen-bond donors (Lipinski definition) is 1. The molecule has 1 N–H and O–H groups in total. The first-order chi connectivity index (χ1) is 14.9. The number of urea groups is 1. The molecule has 0 radical (unpaired) electrons. The van der Waals surface area contributed by atoms with E-state index in [0.717, 1.165) is 16.8 Å². The molecule has 9 heteroatoms. The molecule has 0 aliphatic carbocycles. The van der Waals surface area contributed by atoms with E-state index >= 15 is 0 Å². The minimum Gasteiger partial charge on any atom is -0.310 e. The summed E-state index contributed by atoms with van der Waals surface area (Å²) in [6.45, 7) is 1.03. The smallest absolute Gasteiger partial charge is 0.310 e. The second-order valence-corrected chi connectivity index (χ2v) is 8.47. The molecular weight excluding hydrogens is 416 g/mol. The Kier molecular flexibility index (Phi) is 4.92. The Morgan fingerprint density at radius 2 is 1.77 bits per heavy atom. The molecule has 3 heterocycles. The minimum atomic E-state index is -0.486.